The van der Waals surface area contributed by atoms with Gasteiger partial charge in [0.25, 0.3) is 5.91 Å². The van der Waals surface area contributed by atoms with Crippen molar-refractivity contribution in [2.45, 2.75) is 57.2 Å². The normalized spacial score (nSPS) is 20.7. The molecule has 0 bridgehead atoms. The fourth-order valence-corrected chi connectivity index (χ4v) is 4.85. The van der Waals surface area contributed by atoms with E-state index < -0.39 is 24.1 Å². The summed E-state index contributed by atoms with van der Waals surface area (Å²) in [6.45, 7) is 2.63. The number of carbonyl (C=O) groups excluding carboxylic acids is 4. The fourth-order valence-electron chi connectivity index (χ4n) is 4.85. The van der Waals surface area contributed by atoms with E-state index >= 15 is 0 Å². The van der Waals surface area contributed by atoms with Gasteiger partial charge in [0.05, 0.1) is 5.92 Å². The summed E-state index contributed by atoms with van der Waals surface area (Å²) in [7, 11) is 0. The molecule has 2 saturated heterocycles. The molecular weight excluding hydrogens is 486 g/mol. The molecule has 0 aliphatic carbocycles. The van der Waals surface area contributed by atoms with Gasteiger partial charge in [0, 0.05) is 13.1 Å². The van der Waals surface area contributed by atoms with Crippen LogP contribution in [0.4, 0.5) is 4.79 Å². The first-order valence-electron chi connectivity index (χ1n) is 12.9. The molecule has 2 fully saturated rings. The highest BCUT2D eigenvalue weighted by molar-refractivity contribution is 6.03. The van der Waals surface area contributed by atoms with Crippen LogP contribution in [-0.2, 0) is 25.7 Å². The zero-order chi connectivity index (χ0) is 27.1. The Balaban J connectivity index is 1.35. The number of aliphatic imine (C=N–C) groups is 1. The molecule has 2 aromatic carbocycles. The molecule has 0 radical (unpaired) electrons. The third-order valence-corrected chi connectivity index (χ3v) is 6.95. The van der Waals surface area contributed by atoms with Crippen LogP contribution in [0.5, 0.6) is 0 Å². The van der Waals surface area contributed by atoms with Gasteiger partial charge in [0.15, 0.2) is 0 Å². The molecule has 2 aliphatic rings. The molecule has 4 rings (SSSR count). The van der Waals surface area contributed by atoms with Gasteiger partial charge in [-0.1, -0.05) is 60.7 Å². The van der Waals surface area contributed by atoms with Crippen molar-refractivity contribution < 1.29 is 23.9 Å². The minimum atomic E-state index is -0.905. The number of nitrogens with zero attached hydrogens (tertiary/aromatic N) is 3. The number of nitrogens with one attached hydrogen (secondary N) is 1. The molecule has 3 N–H and O–H groups in total. The Hall–Kier alpha value is -4.21. The standard InChI is InChI=1S/C28H33N5O5/c1-19(21-12-6-3-7-13-21)25(35)32-16-9-15-23(32)24(34)30-22-14-8-17-33(26(22)36)27(29)31-28(37)38-18-20-10-4-2-5-11-20/h2-7,10-13,19,22-23H,8-9,14-18H2,1H3,(H,30,34)(H2,29,31,37)/t19-,22+,23+/m1/s1. The van der Waals surface area contributed by atoms with Gasteiger partial charge in [-0.05, 0) is 43.7 Å². The van der Waals surface area contributed by atoms with E-state index in [2.05, 4.69) is 10.3 Å². The number of rotatable bonds is 6. The number of ether oxygens (including phenoxy) is 1. The van der Waals surface area contributed by atoms with Crippen LogP contribution < -0.4 is 11.1 Å². The Morgan fingerprint density at radius 1 is 1.03 bits per heavy atom. The Bertz CT molecular complexity index is 1190. The molecule has 10 nitrogen and oxygen atoms in total. The summed E-state index contributed by atoms with van der Waals surface area (Å²) in [6, 6.07) is 17.1. The number of piperidine rings is 1. The minimum absolute atomic E-state index is 0.0303. The maximum Gasteiger partial charge on any atom is 0.437 e. The zero-order valence-electron chi connectivity index (χ0n) is 21.4. The van der Waals surface area contributed by atoms with Gasteiger partial charge in [-0.2, -0.15) is 0 Å². The molecule has 0 aromatic heterocycles. The summed E-state index contributed by atoms with van der Waals surface area (Å²) in [5.41, 5.74) is 7.65. The number of amides is 4. The molecule has 2 heterocycles. The highest BCUT2D eigenvalue weighted by atomic mass is 16.5. The second-order valence-electron chi connectivity index (χ2n) is 9.53. The van der Waals surface area contributed by atoms with Gasteiger partial charge in [0.1, 0.15) is 18.7 Å². The number of hydrogen-bond acceptors (Lipinski definition) is 5. The van der Waals surface area contributed by atoms with Gasteiger partial charge in [-0.25, -0.2) is 4.79 Å². The van der Waals surface area contributed by atoms with Crippen molar-refractivity contribution in [1.82, 2.24) is 15.1 Å². The minimum Gasteiger partial charge on any atom is -0.443 e. The average molecular weight is 520 g/mol. The van der Waals surface area contributed by atoms with Crippen LogP contribution in [0.25, 0.3) is 0 Å². The Morgan fingerprint density at radius 3 is 2.39 bits per heavy atom. The quantitative estimate of drug-likeness (QED) is 0.445. The van der Waals surface area contributed by atoms with E-state index in [1.54, 1.807) is 4.90 Å². The predicted octanol–water partition coefficient (Wildman–Crippen LogP) is 2.54. The number of guanidine groups is 1. The Labute approximate surface area is 221 Å². The first-order chi connectivity index (χ1) is 18.3. The third kappa shape index (κ3) is 6.37. The highest BCUT2D eigenvalue weighted by Gasteiger charge is 2.39. The maximum atomic E-state index is 13.2. The van der Waals surface area contributed by atoms with Crippen molar-refractivity contribution >= 4 is 29.8 Å². The third-order valence-electron chi connectivity index (χ3n) is 6.95. The number of likely N-dealkylation sites (tertiary alicyclic amines) is 2. The summed E-state index contributed by atoms with van der Waals surface area (Å²) >= 11 is 0. The second-order valence-corrected chi connectivity index (χ2v) is 9.53. The van der Waals surface area contributed by atoms with Crippen molar-refractivity contribution in [1.29, 1.82) is 0 Å². The Morgan fingerprint density at radius 2 is 1.68 bits per heavy atom. The molecule has 38 heavy (non-hydrogen) atoms. The first kappa shape index (κ1) is 26.8. The lowest BCUT2D eigenvalue weighted by Crippen LogP contribution is -2.58. The molecular formula is C28H33N5O5. The van der Waals surface area contributed by atoms with Gasteiger partial charge in [-0.3, -0.25) is 19.3 Å². The lowest BCUT2D eigenvalue weighted by Gasteiger charge is -2.33. The van der Waals surface area contributed by atoms with E-state index in [9.17, 15) is 19.2 Å². The van der Waals surface area contributed by atoms with Gasteiger partial charge >= 0.3 is 6.09 Å². The molecule has 10 heteroatoms. The van der Waals surface area contributed by atoms with Crippen molar-refractivity contribution in [3.8, 4) is 0 Å². The van der Waals surface area contributed by atoms with Gasteiger partial charge in [-0.15, -0.1) is 4.99 Å². The highest BCUT2D eigenvalue weighted by Crippen LogP contribution is 2.25. The van der Waals surface area contributed by atoms with Crippen LogP contribution in [-0.4, -0.2) is 64.7 Å². The maximum absolute atomic E-state index is 13.2. The largest absolute Gasteiger partial charge is 0.443 e. The van der Waals surface area contributed by atoms with E-state index in [1.807, 2.05) is 67.6 Å². The molecule has 200 valence electrons. The van der Waals surface area contributed by atoms with Crippen molar-refractivity contribution in [3.63, 3.8) is 0 Å². The van der Waals surface area contributed by atoms with Crippen LogP contribution in [0, 0.1) is 0 Å². The van der Waals surface area contributed by atoms with Crippen molar-refractivity contribution in [2.24, 2.45) is 10.7 Å². The van der Waals surface area contributed by atoms with Gasteiger partial charge < -0.3 is 20.7 Å². The monoisotopic (exact) mass is 519 g/mol. The summed E-state index contributed by atoms with van der Waals surface area (Å²) in [4.78, 5) is 58.1. The predicted molar refractivity (Wildman–Crippen MR) is 141 cm³/mol. The lowest BCUT2D eigenvalue weighted by molar-refractivity contribution is -0.141. The summed E-state index contributed by atoms with van der Waals surface area (Å²) in [5, 5.41) is 2.81. The topological polar surface area (TPSA) is 134 Å². The number of benzene rings is 2. The SMILES string of the molecule is C[C@@H](C(=O)N1CCC[C@H]1C(=O)N[C@H]1CCCN(/C(N)=N\C(=O)OCc2ccccc2)C1=O)c1ccccc1. The summed E-state index contributed by atoms with van der Waals surface area (Å²) < 4.78 is 5.12. The van der Waals surface area contributed by atoms with Crippen LogP contribution in [0.1, 0.15) is 49.7 Å². The molecule has 2 aliphatic heterocycles. The number of hydrogen-bond donors (Lipinski definition) is 2. The molecule has 0 saturated carbocycles. The molecule has 3 atom stereocenters. The molecule has 0 spiro atoms. The van der Waals surface area contributed by atoms with E-state index in [0.29, 0.717) is 32.2 Å². The van der Waals surface area contributed by atoms with Crippen LogP contribution in [0.3, 0.4) is 0 Å². The summed E-state index contributed by atoms with van der Waals surface area (Å²) in [5.74, 6) is -1.59. The fraction of sp³-hybridized carbons (Fsp3) is 0.393. The average Bonchev–Trinajstić information content (AvgIpc) is 3.43. The van der Waals surface area contributed by atoms with Crippen LogP contribution >= 0.6 is 0 Å². The lowest BCUT2D eigenvalue weighted by atomic mass is 9.99. The first-order valence-corrected chi connectivity index (χ1v) is 12.9. The zero-order valence-corrected chi connectivity index (χ0v) is 21.4. The second kappa shape index (κ2) is 12.4. The van der Waals surface area contributed by atoms with E-state index in [-0.39, 0.29) is 36.8 Å². The molecule has 2 aromatic rings. The van der Waals surface area contributed by atoms with Crippen molar-refractivity contribution in [2.75, 3.05) is 13.1 Å². The number of carbonyl (C=O) groups is 4. The van der Waals surface area contributed by atoms with Crippen LogP contribution in [0.2, 0.25) is 0 Å². The van der Waals surface area contributed by atoms with E-state index in [4.69, 9.17) is 10.5 Å². The van der Waals surface area contributed by atoms with Crippen molar-refractivity contribution in [3.05, 3.63) is 71.8 Å². The molecule has 0 unspecified atom stereocenters. The summed E-state index contributed by atoms with van der Waals surface area (Å²) in [6.07, 6.45) is 1.32. The molecule has 4 amide bonds. The van der Waals surface area contributed by atoms with E-state index in [1.165, 1.54) is 4.90 Å². The number of nitrogens with two attached hydrogens (primary N) is 1. The van der Waals surface area contributed by atoms with E-state index in [0.717, 1.165) is 11.1 Å². The van der Waals surface area contributed by atoms with Crippen LogP contribution in [0.15, 0.2) is 65.7 Å². The van der Waals surface area contributed by atoms with Gasteiger partial charge in [0.2, 0.25) is 17.8 Å². The smallest absolute Gasteiger partial charge is 0.437 e. The Kier molecular flexibility index (Phi) is 8.73.